The molecule has 6 heteroatoms. The highest BCUT2D eigenvalue weighted by Crippen LogP contribution is 2.60. The summed E-state index contributed by atoms with van der Waals surface area (Å²) < 4.78 is 4.65. The molecule has 6 nitrogen and oxygen atoms in total. The van der Waals surface area contributed by atoms with E-state index in [4.69, 9.17) is 0 Å². The number of rotatable bonds is 7. The van der Waals surface area contributed by atoms with Crippen molar-refractivity contribution >= 4 is 17.8 Å². The Kier molecular flexibility index (Phi) is 5.82. The summed E-state index contributed by atoms with van der Waals surface area (Å²) in [6, 6.07) is -0.909. The van der Waals surface area contributed by atoms with Crippen molar-refractivity contribution in [3.8, 4) is 0 Å². The zero-order valence-corrected chi connectivity index (χ0v) is 17.0. The lowest BCUT2D eigenvalue weighted by Gasteiger charge is -2.55. The van der Waals surface area contributed by atoms with Gasteiger partial charge in [0.25, 0.3) is 0 Å². The molecule has 4 rings (SSSR count). The van der Waals surface area contributed by atoms with Crippen LogP contribution in [-0.2, 0) is 19.1 Å². The molecule has 2 atom stereocenters. The molecule has 0 aromatic carbocycles. The van der Waals surface area contributed by atoms with Crippen LogP contribution in [0, 0.1) is 29.1 Å². The lowest BCUT2D eigenvalue weighted by Crippen LogP contribution is -2.59. The van der Waals surface area contributed by atoms with Gasteiger partial charge in [-0.3, -0.25) is 14.4 Å². The smallest absolute Gasteiger partial charge is 0.307 e. The molecule has 0 aliphatic heterocycles. The zero-order chi connectivity index (χ0) is 19.8. The second kappa shape index (κ2) is 7.80. The minimum Gasteiger partial charge on any atom is -0.469 e. The monoisotopic (exact) mass is 378 g/mol. The molecule has 2 N–H and O–H groups in total. The van der Waals surface area contributed by atoms with Crippen LogP contribution >= 0.6 is 0 Å². The number of amides is 2. The molecule has 4 saturated carbocycles. The lowest BCUT2D eigenvalue weighted by atomic mass is 9.49. The third-order valence-electron chi connectivity index (χ3n) is 6.84. The molecule has 0 radical (unpaired) electrons. The van der Waals surface area contributed by atoms with Gasteiger partial charge in [0.05, 0.1) is 13.5 Å². The van der Waals surface area contributed by atoms with E-state index in [1.165, 1.54) is 26.4 Å². The Bertz CT molecular complexity index is 566. The fourth-order valence-corrected chi connectivity index (χ4v) is 5.94. The molecule has 4 fully saturated rings. The number of carbonyl (C=O) groups is 3. The predicted molar refractivity (Wildman–Crippen MR) is 102 cm³/mol. The molecule has 152 valence electrons. The third-order valence-corrected chi connectivity index (χ3v) is 6.84. The predicted octanol–water partition coefficient (Wildman–Crippen LogP) is 2.41. The molecule has 0 spiro atoms. The van der Waals surface area contributed by atoms with Crippen molar-refractivity contribution in [2.45, 2.75) is 77.8 Å². The number of methoxy groups -OCH3 is 1. The third kappa shape index (κ3) is 4.30. The fourth-order valence-electron chi connectivity index (χ4n) is 5.94. The van der Waals surface area contributed by atoms with E-state index in [1.54, 1.807) is 6.92 Å². The molecular weight excluding hydrogens is 344 g/mol. The topological polar surface area (TPSA) is 84.5 Å². The van der Waals surface area contributed by atoms with Crippen molar-refractivity contribution in [2.24, 2.45) is 29.1 Å². The van der Waals surface area contributed by atoms with Crippen LogP contribution < -0.4 is 10.6 Å². The summed E-state index contributed by atoms with van der Waals surface area (Å²) in [5, 5.41) is 5.93. The van der Waals surface area contributed by atoms with Crippen LogP contribution in [-0.4, -0.2) is 37.0 Å². The lowest BCUT2D eigenvalue weighted by molar-refractivity contribution is -0.149. The first kappa shape index (κ1) is 20.2. The van der Waals surface area contributed by atoms with Crippen molar-refractivity contribution in [3.63, 3.8) is 0 Å². The standard InChI is InChI=1S/C21H34N2O4/c1-12(2)18(19(25)22-13(3)5-17(24)27-4)23-20(26)21-9-14-6-15(10-21)8-16(7-14)11-21/h12-16,18H,5-11H2,1-4H3,(H,22,25)(H,23,26). The van der Waals surface area contributed by atoms with Crippen LogP contribution in [0.15, 0.2) is 0 Å². The van der Waals surface area contributed by atoms with Gasteiger partial charge in [0.1, 0.15) is 6.04 Å². The summed E-state index contributed by atoms with van der Waals surface area (Å²) in [4.78, 5) is 37.4. The van der Waals surface area contributed by atoms with Gasteiger partial charge in [-0.15, -0.1) is 0 Å². The highest BCUT2D eigenvalue weighted by Gasteiger charge is 2.55. The first-order valence-corrected chi connectivity index (χ1v) is 10.4. The second-order valence-corrected chi connectivity index (χ2v) is 9.58. The summed E-state index contributed by atoms with van der Waals surface area (Å²) in [6.45, 7) is 5.65. The van der Waals surface area contributed by atoms with Gasteiger partial charge in [0, 0.05) is 11.5 Å². The number of ether oxygens (including phenoxy) is 1. The zero-order valence-electron chi connectivity index (χ0n) is 17.0. The van der Waals surface area contributed by atoms with E-state index in [9.17, 15) is 14.4 Å². The Balaban J connectivity index is 1.63. The molecule has 0 saturated heterocycles. The SMILES string of the molecule is COC(=O)CC(C)NC(=O)C(NC(=O)C12CC3CC(CC(C3)C1)C2)C(C)C. The summed E-state index contributed by atoms with van der Waals surface area (Å²) in [5.41, 5.74) is -0.264. The quantitative estimate of drug-likeness (QED) is 0.666. The van der Waals surface area contributed by atoms with Gasteiger partial charge in [0.2, 0.25) is 11.8 Å². The summed E-state index contributed by atoms with van der Waals surface area (Å²) in [7, 11) is 1.33. The van der Waals surface area contributed by atoms with Crippen molar-refractivity contribution in [1.82, 2.24) is 10.6 Å². The van der Waals surface area contributed by atoms with E-state index < -0.39 is 6.04 Å². The van der Waals surface area contributed by atoms with Crippen LogP contribution in [0.5, 0.6) is 0 Å². The largest absolute Gasteiger partial charge is 0.469 e. The van der Waals surface area contributed by atoms with E-state index in [0.717, 1.165) is 19.3 Å². The average molecular weight is 379 g/mol. The van der Waals surface area contributed by atoms with Gasteiger partial charge in [-0.25, -0.2) is 0 Å². The Morgan fingerprint density at radius 2 is 1.48 bits per heavy atom. The van der Waals surface area contributed by atoms with Gasteiger partial charge in [-0.2, -0.15) is 0 Å². The van der Waals surface area contributed by atoms with E-state index in [0.29, 0.717) is 17.8 Å². The maximum atomic E-state index is 13.3. The number of hydrogen-bond donors (Lipinski definition) is 2. The van der Waals surface area contributed by atoms with E-state index in [-0.39, 0.29) is 41.6 Å². The molecule has 0 aromatic heterocycles. The van der Waals surface area contributed by atoms with Crippen LogP contribution in [0.4, 0.5) is 0 Å². The van der Waals surface area contributed by atoms with Gasteiger partial charge < -0.3 is 15.4 Å². The highest BCUT2D eigenvalue weighted by molar-refractivity contribution is 5.90. The molecule has 0 heterocycles. The Labute approximate surface area is 162 Å². The normalized spacial score (nSPS) is 33.4. The van der Waals surface area contributed by atoms with Gasteiger partial charge in [-0.1, -0.05) is 13.8 Å². The minimum absolute atomic E-state index is 0.0202. The number of carbonyl (C=O) groups excluding carboxylic acids is 3. The van der Waals surface area contributed by atoms with Crippen molar-refractivity contribution < 1.29 is 19.1 Å². The molecule has 4 aliphatic carbocycles. The number of hydrogen-bond acceptors (Lipinski definition) is 4. The molecule has 0 aromatic rings. The number of nitrogens with one attached hydrogen (secondary N) is 2. The van der Waals surface area contributed by atoms with E-state index >= 15 is 0 Å². The average Bonchev–Trinajstić information content (AvgIpc) is 2.57. The second-order valence-electron chi connectivity index (χ2n) is 9.58. The first-order valence-electron chi connectivity index (χ1n) is 10.4. The van der Waals surface area contributed by atoms with E-state index in [1.807, 2.05) is 13.8 Å². The molecular formula is C21H34N2O4. The van der Waals surface area contributed by atoms with Crippen LogP contribution in [0.3, 0.4) is 0 Å². The van der Waals surface area contributed by atoms with Crippen LogP contribution in [0.1, 0.15) is 65.7 Å². The van der Waals surface area contributed by atoms with Crippen LogP contribution in [0.25, 0.3) is 0 Å². The maximum Gasteiger partial charge on any atom is 0.307 e. The molecule has 4 aliphatic rings. The van der Waals surface area contributed by atoms with Gasteiger partial charge in [-0.05, 0) is 69.1 Å². The van der Waals surface area contributed by atoms with E-state index in [2.05, 4.69) is 15.4 Å². The number of esters is 1. The maximum absolute atomic E-state index is 13.3. The molecule has 27 heavy (non-hydrogen) atoms. The minimum atomic E-state index is -0.578. The molecule has 2 unspecified atom stereocenters. The molecule has 4 bridgehead atoms. The van der Waals surface area contributed by atoms with Crippen molar-refractivity contribution in [1.29, 1.82) is 0 Å². The molecule has 2 amide bonds. The van der Waals surface area contributed by atoms with Crippen LogP contribution in [0.2, 0.25) is 0 Å². The summed E-state index contributed by atoms with van der Waals surface area (Å²) >= 11 is 0. The Hall–Kier alpha value is -1.59. The fraction of sp³-hybridized carbons (Fsp3) is 0.857. The summed E-state index contributed by atoms with van der Waals surface area (Å²) in [5.74, 6) is 1.53. The van der Waals surface area contributed by atoms with Crippen molar-refractivity contribution in [2.75, 3.05) is 7.11 Å². The first-order chi connectivity index (χ1) is 12.7. The Morgan fingerprint density at radius 3 is 1.93 bits per heavy atom. The van der Waals surface area contributed by atoms with Gasteiger partial charge >= 0.3 is 5.97 Å². The highest BCUT2D eigenvalue weighted by atomic mass is 16.5. The van der Waals surface area contributed by atoms with Crippen molar-refractivity contribution in [3.05, 3.63) is 0 Å². The van der Waals surface area contributed by atoms with Gasteiger partial charge in [0.15, 0.2) is 0 Å². The Morgan fingerprint density at radius 1 is 0.963 bits per heavy atom. The summed E-state index contributed by atoms with van der Waals surface area (Å²) in [6.07, 6.45) is 6.92.